The molecular weight excluding hydrogens is 316 g/mol. The van der Waals surface area contributed by atoms with Crippen molar-refractivity contribution in [2.45, 2.75) is 38.5 Å². The Morgan fingerprint density at radius 1 is 1.24 bits per heavy atom. The summed E-state index contributed by atoms with van der Waals surface area (Å²) in [5.41, 5.74) is 0.868. The van der Waals surface area contributed by atoms with Crippen LogP contribution in [0.2, 0.25) is 0 Å². The van der Waals surface area contributed by atoms with Crippen molar-refractivity contribution < 1.29 is 14.3 Å². The van der Waals surface area contributed by atoms with E-state index in [2.05, 4.69) is 5.32 Å². The highest BCUT2D eigenvalue weighted by Gasteiger charge is 2.39. The minimum absolute atomic E-state index is 0.0376. The first-order valence-corrected chi connectivity index (χ1v) is 9.61. The standard InChI is InChI=1S/C20H28N2O3/c1-24-18-6-5-17(22-9-2-8-21-20(22)23)13-19(18)25-10-7-16-12-14-3-4-15(16)11-14/h5-6,13-16H,2-4,7-12H2,1H3,(H,21,23)/t14-,15+,16-/m1/s1. The smallest absolute Gasteiger partial charge is 0.321 e. The number of fused-ring (bicyclic) bond motifs is 2. The third-order valence-electron chi connectivity index (χ3n) is 6.17. The summed E-state index contributed by atoms with van der Waals surface area (Å²) in [7, 11) is 1.66. The Balaban J connectivity index is 1.40. The van der Waals surface area contributed by atoms with Crippen molar-refractivity contribution in [3.63, 3.8) is 0 Å². The van der Waals surface area contributed by atoms with Gasteiger partial charge in [0.2, 0.25) is 0 Å². The van der Waals surface area contributed by atoms with Crippen molar-refractivity contribution in [2.24, 2.45) is 17.8 Å². The second-order valence-corrected chi connectivity index (χ2v) is 7.64. The van der Waals surface area contributed by atoms with Crippen LogP contribution in [0, 0.1) is 17.8 Å². The highest BCUT2D eigenvalue weighted by Crippen LogP contribution is 2.49. The highest BCUT2D eigenvalue weighted by molar-refractivity contribution is 5.93. The molecule has 1 N–H and O–H groups in total. The molecule has 5 heteroatoms. The SMILES string of the molecule is COc1ccc(N2CCCNC2=O)cc1OCC[C@@H]1C[C@@H]2CC[C@H]1C2. The van der Waals surface area contributed by atoms with Gasteiger partial charge in [0.05, 0.1) is 13.7 Å². The van der Waals surface area contributed by atoms with Crippen LogP contribution in [0.15, 0.2) is 18.2 Å². The molecule has 1 aromatic carbocycles. The molecule has 3 atom stereocenters. The molecule has 1 heterocycles. The van der Waals surface area contributed by atoms with Crippen LogP contribution in [-0.4, -0.2) is 32.8 Å². The number of urea groups is 1. The molecule has 4 rings (SSSR count). The van der Waals surface area contributed by atoms with Gasteiger partial charge in [-0.25, -0.2) is 4.79 Å². The summed E-state index contributed by atoms with van der Waals surface area (Å²) < 4.78 is 11.5. The zero-order valence-electron chi connectivity index (χ0n) is 15.0. The number of benzene rings is 1. The normalized spacial score (nSPS) is 28.1. The Morgan fingerprint density at radius 3 is 2.88 bits per heavy atom. The number of nitrogens with zero attached hydrogens (tertiary/aromatic N) is 1. The van der Waals surface area contributed by atoms with Gasteiger partial charge in [-0.3, -0.25) is 4.90 Å². The Bertz CT molecular complexity index is 633. The van der Waals surface area contributed by atoms with E-state index in [4.69, 9.17) is 9.47 Å². The van der Waals surface area contributed by atoms with Crippen molar-refractivity contribution in [1.29, 1.82) is 0 Å². The highest BCUT2D eigenvalue weighted by atomic mass is 16.5. The van der Waals surface area contributed by atoms with Crippen molar-refractivity contribution in [1.82, 2.24) is 5.32 Å². The average Bonchev–Trinajstić information content (AvgIpc) is 3.25. The molecule has 3 fully saturated rings. The van der Waals surface area contributed by atoms with Crippen LogP contribution in [0.5, 0.6) is 11.5 Å². The molecule has 2 bridgehead atoms. The van der Waals surface area contributed by atoms with Crippen LogP contribution in [0.3, 0.4) is 0 Å². The van der Waals surface area contributed by atoms with Gasteiger partial charge in [0.1, 0.15) is 0 Å². The molecule has 3 aliphatic rings. The predicted octanol–water partition coefficient (Wildman–Crippen LogP) is 3.82. The number of nitrogens with one attached hydrogen (secondary N) is 1. The molecule has 0 radical (unpaired) electrons. The molecule has 2 amide bonds. The first-order valence-electron chi connectivity index (χ1n) is 9.61. The molecule has 1 aliphatic heterocycles. The molecule has 0 unspecified atom stereocenters. The Morgan fingerprint density at radius 2 is 2.16 bits per heavy atom. The molecule has 1 saturated heterocycles. The van der Waals surface area contributed by atoms with Gasteiger partial charge in [-0.1, -0.05) is 6.42 Å². The van der Waals surface area contributed by atoms with E-state index in [0.717, 1.165) is 67.5 Å². The fourth-order valence-electron chi connectivity index (χ4n) is 4.87. The number of hydrogen-bond donors (Lipinski definition) is 1. The van der Waals surface area contributed by atoms with Gasteiger partial charge in [0.25, 0.3) is 0 Å². The summed E-state index contributed by atoms with van der Waals surface area (Å²) in [4.78, 5) is 13.8. The van der Waals surface area contributed by atoms with Crippen molar-refractivity contribution in [3.05, 3.63) is 18.2 Å². The van der Waals surface area contributed by atoms with Crippen LogP contribution in [-0.2, 0) is 0 Å². The number of methoxy groups -OCH3 is 1. The van der Waals surface area contributed by atoms with E-state index < -0.39 is 0 Å². The second-order valence-electron chi connectivity index (χ2n) is 7.64. The Labute approximate surface area is 149 Å². The molecule has 0 aromatic heterocycles. The fourth-order valence-corrected chi connectivity index (χ4v) is 4.87. The number of anilines is 1. The summed E-state index contributed by atoms with van der Waals surface area (Å²) in [6.45, 7) is 2.21. The maximum Gasteiger partial charge on any atom is 0.321 e. The van der Waals surface area contributed by atoms with Gasteiger partial charge in [0, 0.05) is 24.8 Å². The number of rotatable bonds is 6. The van der Waals surface area contributed by atoms with Gasteiger partial charge < -0.3 is 14.8 Å². The number of amides is 2. The van der Waals surface area contributed by atoms with Gasteiger partial charge in [0.15, 0.2) is 11.5 Å². The Kier molecular flexibility index (Phi) is 4.73. The first kappa shape index (κ1) is 16.6. The fraction of sp³-hybridized carbons (Fsp3) is 0.650. The quantitative estimate of drug-likeness (QED) is 0.853. The van der Waals surface area contributed by atoms with Crippen LogP contribution in [0.4, 0.5) is 10.5 Å². The topological polar surface area (TPSA) is 50.8 Å². The summed E-state index contributed by atoms with van der Waals surface area (Å²) in [6.07, 6.45) is 7.76. The zero-order chi connectivity index (χ0) is 17.2. The predicted molar refractivity (Wildman–Crippen MR) is 97.4 cm³/mol. The van der Waals surface area contributed by atoms with Gasteiger partial charge in [-0.15, -0.1) is 0 Å². The monoisotopic (exact) mass is 344 g/mol. The molecule has 2 saturated carbocycles. The molecular formula is C20H28N2O3. The molecule has 2 aliphatic carbocycles. The van der Waals surface area contributed by atoms with Crippen LogP contribution >= 0.6 is 0 Å². The largest absolute Gasteiger partial charge is 0.493 e. The third kappa shape index (κ3) is 3.42. The van der Waals surface area contributed by atoms with E-state index in [1.165, 1.54) is 25.7 Å². The minimum Gasteiger partial charge on any atom is -0.493 e. The lowest BCUT2D eigenvalue weighted by molar-refractivity contribution is 0.228. The maximum atomic E-state index is 12.1. The van der Waals surface area contributed by atoms with Crippen molar-refractivity contribution in [3.8, 4) is 11.5 Å². The van der Waals surface area contributed by atoms with Crippen LogP contribution in [0.1, 0.15) is 38.5 Å². The second kappa shape index (κ2) is 7.14. The summed E-state index contributed by atoms with van der Waals surface area (Å²) in [5.74, 6) is 4.21. The lowest BCUT2D eigenvalue weighted by Crippen LogP contribution is -2.46. The molecule has 5 nitrogen and oxygen atoms in total. The number of carbonyl (C=O) groups is 1. The lowest BCUT2D eigenvalue weighted by atomic mass is 9.87. The Hall–Kier alpha value is -1.91. The van der Waals surface area contributed by atoms with Crippen LogP contribution in [0.25, 0.3) is 0 Å². The number of hydrogen-bond acceptors (Lipinski definition) is 3. The van der Waals surface area contributed by atoms with Gasteiger partial charge in [-0.05, 0) is 62.0 Å². The van der Waals surface area contributed by atoms with Gasteiger partial charge in [-0.2, -0.15) is 0 Å². The summed E-state index contributed by atoms with van der Waals surface area (Å²) in [5, 5.41) is 2.89. The van der Waals surface area contributed by atoms with Gasteiger partial charge >= 0.3 is 6.03 Å². The maximum absolute atomic E-state index is 12.1. The van der Waals surface area contributed by atoms with E-state index >= 15 is 0 Å². The lowest BCUT2D eigenvalue weighted by Gasteiger charge is -2.28. The number of carbonyl (C=O) groups excluding carboxylic acids is 1. The van der Waals surface area contributed by atoms with E-state index in [1.54, 1.807) is 12.0 Å². The minimum atomic E-state index is -0.0376. The van der Waals surface area contributed by atoms with Crippen LogP contribution < -0.4 is 19.7 Å². The van der Waals surface area contributed by atoms with E-state index in [-0.39, 0.29) is 6.03 Å². The summed E-state index contributed by atoms with van der Waals surface area (Å²) >= 11 is 0. The van der Waals surface area contributed by atoms with Crippen molar-refractivity contribution >= 4 is 11.7 Å². The van der Waals surface area contributed by atoms with E-state index in [0.29, 0.717) is 0 Å². The first-order chi connectivity index (χ1) is 12.2. The molecule has 25 heavy (non-hydrogen) atoms. The molecule has 136 valence electrons. The zero-order valence-corrected chi connectivity index (χ0v) is 15.0. The number of ether oxygens (including phenoxy) is 2. The average molecular weight is 344 g/mol. The van der Waals surface area contributed by atoms with E-state index in [9.17, 15) is 4.79 Å². The van der Waals surface area contributed by atoms with E-state index in [1.807, 2.05) is 18.2 Å². The summed E-state index contributed by atoms with van der Waals surface area (Å²) in [6, 6.07) is 5.71. The molecule has 1 aromatic rings. The van der Waals surface area contributed by atoms with Crippen molar-refractivity contribution in [2.75, 3.05) is 31.7 Å². The third-order valence-corrected chi connectivity index (χ3v) is 6.17. The molecule has 0 spiro atoms.